The van der Waals surface area contributed by atoms with Crippen LogP contribution in [0.4, 0.5) is 5.69 Å². The van der Waals surface area contributed by atoms with E-state index in [0.29, 0.717) is 18.1 Å². The average Bonchev–Trinajstić information content (AvgIpc) is 2.48. The molecule has 0 aliphatic heterocycles. The van der Waals surface area contributed by atoms with Crippen LogP contribution in [0.5, 0.6) is 5.75 Å². The van der Waals surface area contributed by atoms with Crippen LogP contribution in [0.2, 0.25) is 0 Å². The number of para-hydroxylation sites is 2. The zero-order chi connectivity index (χ0) is 14.4. The fourth-order valence-electron chi connectivity index (χ4n) is 2.93. The third kappa shape index (κ3) is 3.89. The standard InChI is InChI=1S/C16H23NO3/c1-20-15-10-6-5-9-13(15)17-14(16(18)19)11-12-7-3-2-4-8-12/h5-6,9-10,12,14,17H,2-4,7-8,11H2,1H3,(H,18,19). The first-order chi connectivity index (χ1) is 9.70. The summed E-state index contributed by atoms with van der Waals surface area (Å²) in [5.74, 6) is 0.413. The van der Waals surface area contributed by atoms with E-state index in [9.17, 15) is 9.90 Å². The van der Waals surface area contributed by atoms with Gasteiger partial charge >= 0.3 is 5.97 Å². The number of rotatable bonds is 6. The molecule has 1 atom stereocenters. The fraction of sp³-hybridized carbons (Fsp3) is 0.562. The van der Waals surface area contributed by atoms with E-state index in [4.69, 9.17) is 4.74 Å². The fourth-order valence-corrected chi connectivity index (χ4v) is 2.93. The molecular weight excluding hydrogens is 254 g/mol. The van der Waals surface area contributed by atoms with Gasteiger partial charge in [0.15, 0.2) is 0 Å². The molecule has 2 N–H and O–H groups in total. The summed E-state index contributed by atoms with van der Waals surface area (Å²) < 4.78 is 5.26. The molecule has 1 aromatic rings. The summed E-state index contributed by atoms with van der Waals surface area (Å²) >= 11 is 0. The van der Waals surface area contributed by atoms with Crippen molar-refractivity contribution in [2.45, 2.75) is 44.6 Å². The summed E-state index contributed by atoms with van der Waals surface area (Å²) in [7, 11) is 1.59. The highest BCUT2D eigenvalue weighted by atomic mass is 16.5. The molecule has 0 spiro atoms. The molecule has 1 unspecified atom stereocenters. The van der Waals surface area contributed by atoms with Crippen molar-refractivity contribution in [1.82, 2.24) is 0 Å². The highest BCUT2D eigenvalue weighted by Crippen LogP contribution is 2.30. The van der Waals surface area contributed by atoms with Crippen molar-refractivity contribution in [3.8, 4) is 5.75 Å². The van der Waals surface area contributed by atoms with Gasteiger partial charge in [-0.1, -0.05) is 44.2 Å². The SMILES string of the molecule is COc1ccccc1NC(CC1CCCCC1)C(=O)O. The molecule has 0 aromatic heterocycles. The third-order valence-corrected chi connectivity index (χ3v) is 4.03. The molecule has 20 heavy (non-hydrogen) atoms. The molecule has 0 heterocycles. The van der Waals surface area contributed by atoms with Gasteiger partial charge in [0, 0.05) is 0 Å². The van der Waals surface area contributed by atoms with Crippen molar-refractivity contribution in [1.29, 1.82) is 0 Å². The lowest BCUT2D eigenvalue weighted by Crippen LogP contribution is -2.32. The summed E-state index contributed by atoms with van der Waals surface area (Å²) in [4.78, 5) is 11.5. The second-order valence-corrected chi connectivity index (χ2v) is 5.48. The van der Waals surface area contributed by atoms with E-state index in [2.05, 4.69) is 5.32 Å². The van der Waals surface area contributed by atoms with Crippen LogP contribution >= 0.6 is 0 Å². The second-order valence-electron chi connectivity index (χ2n) is 5.48. The van der Waals surface area contributed by atoms with Gasteiger partial charge in [-0.25, -0.2) is 4.79 Å². The van der Waals surface area contributed by atoms with Crippen molar-refractivity contribution in [3.05, 3.63) is 24.3 Å². The topological polar surface area (TPSA) is 58.6 Å². The number of hydrogen-bond donors (Lipinski definition) is 2. The van der Waals surface area contributed by atoms with Crippen molar-refractivity contribution in [2.75, 3.05) is 12.4 Å². The highest BCUT2D eigenvalue weighted by molar-refractivity contribution is 5.78. The largest absolute Gasteiger partial charge is 0.495 e. The Hall–Kier alpha value is -1.71. The first kappa shape index (κ1) is 14.7. The first-order valence-electron chi connectivity index (χ1n) is 7.33. The van der Waals surface area contributed by atoms with Gasteiger partial charge in [-0.2, -0.15) is 0 Å². The van der Waals surface area contributed by atoms with Crippen molar-refractivity contribution >= 4 is 11.7 Å². The second kappa shape index (κ2) is 7.17. The summed E-state index contributed by atoms with van der Waals surface area (Å²) in [6.07, 6.45) is 6.73. The number of carbonyl (C=O) groups is 1. The van der Waals surface area contributed by atoms with E-state index >= 15 is 0 Å². The Bertz CT molecular complexity index is 441. The van der Waals surface area contributed by atoms with Crippen LogP contribution < -0.4 is 10.1 Å². The monoisotopic (exact) mass is 277 g/mol. The van der Waals surface area contributed by atoms with Crippen LogP contribution in [0.15, 0.2) is 24.3 Å². The molecule has 1 aliphatic carbocycles. The smallest absolute Gasteiger partial charge is 0.326 e. The molecule has 110 valence electrons. The zero-order valence-electron chi connectivity index (χ0n) is 12.0. The number of carboxylic acid groups (broad SMARTS) is 1. The number of methoxy groups -OCH3 is 1. The predicted octanol–water partition coefficient (Wildman–Crippen LogP) is 3.53. The third-order valence-electron chi connectivity index (χ3n) is 4.03. The average molecular weight is 277 g/mol. The number of carboxylic acids is 1. The lowest BCUT2D eigenvalue weighted by Gasteiger charge is -2.26. The molecule has 1 saturated carbocycles. The first-order valence-corrected chi connectivity index (χ1v) is 7.33. The Labute approximate surface area is 120 Å². The van der Waals surface area contributed by atoms with Crippen LogP contribution in [-0.4, -0.2) is 24.2 Å². The highest BCUT2D eigenvalue weighted by Gasteiger charge is 2.24. The molecular formula is C16H23NO3. The Balaban J connectivity index is 2.03. The lowest BCUT2D eigenvalue weighted by molar-refractivity contribution is -0.138. The molecule has 0 radical (unpaired) electrons. The number of nitrogens with one attached hydrogen (secondary N) is 1. The van der Waals surface area contributed by atoms with Gasteiger partial charge in [-0.15, -0.1) is 0 Å². The van der Waals surface area contributed by atoms with E-state index in [1.165, 1.54) is 19.3 Å². The minimum Gasteiger partial charge on any atom is -0.495 e. The maximum atomic E-state index is 11.5. The van der Waals surface area contributed by atoms with Crippen molar-refractivity contribution < 1.29 is 14.6 Å². The molecule has 4 nitrogen and oxygen atoms in total. The van der Waals surface area contributed by atoms with Crippen molar-refractivity contribution in [2.24, 2.45) is 5.92 Å². The molecule has 0 bridgehead atoms. The van der Waals surface area contributed by atoms with E-state index in [1.807, 2.05) is 24.3 Å². The molecule has 0 saturated heterocycles. The lowest BCUT2D eigenvalue weighted by atomic mass is 9.85. The van der Waals surface area contributed by atoms with Gasteiger partial charge < -0.3 is 15.2 Å². The summed E-state index contributed by atoms with van der Waals surface area (Å²) in [5, 5.41) is 12.5. The van der Waals surface area contributed by atoms with Gasteiger partial charge in [-0.05, 0) is 24.5 Å². The van der Waals surface area contributed by atoms with E-state index < -0.39 is 12.0 Å². The number of hydrogen-bond acceptors (Lipinski definition) is 3. The Morgan fingerprint density at radius 2 is 2.05 bits per heavy atom. The van der Waals surface area contributed by atoms with Gasteiger partial charge in [0.2, 0.25) is 0 Å². The quantitative estimate of drug-likeness (QED) is 0.835. The zero-order valence-corrected chi connectivity index (χ0v) is 12.0. The van der Waals surface area contributed by atoms with E-state index in [-0.39, 0.29) is 0 Å². The Morgan fingerprint density at radius 1 is 1.35 bits per heavy atom. The van der Waals surface area contributed by atoms with Crippen LogP contribution in [0.25, 0.3) is 0 Å². The minimum absolute atomic E-state index is 0.520. The van der Waals surface area contributed by atoms with Gasteiger partial charge in [-0.3, -0.25) is 0 Å². The normalized spacial score (nSPS) is 17.4. The molecule has 2 rings (SSSR count). The summed E-state index contributed by atoms with van der Waals surface area (Å²) in [6.45, 7) is 0. The minimum atomic E-state index is -0.790. The van der Waals surface area contributed by atoms with Crippen LogP contribution in [0, 0.1) is 5.92 Å². The number of ether oxygens (including phenoxy) is 1. The molecule has 4 heteroatoms. The van der Waals surface area contributed by atoms with Crippen molar-refractivity contribution in [3.63, 3.8) is 0 Å². The molecule has 0 amide bonds. The number of benzene rings is 1. The number of anilines is 1. The number of aliphatic carboxylic acids is 1. The van der Waals surface area contributed by atoms with Crippen LogP contribution in [0.3, 0.4) is 0 Å². The predicted molar refractivity (Wildman–Crippen MR) is 79.2 cm³/mol. The maximum Gasteiger partial charge on any atom is 0.326 e. The summed E-state index contributed by atoms with van der Waals surface area (Å²) in [6, 6.07) is 6.90. The van der Waals surface area contributed by atoms with E-state index in [1.54, 1.807) is 7.11 Å². The van der Waals surface area contributed by atoms with Gasteiger partial charge in [0.05, 0.1) is 12.8 Å². The maximum absolute atomic E-state index is 11.5. The van der Waals surface area contributed by atoms with E-state index in [0.717, 1.165) is 18.5 Å². The van der Waals surface area contributed by atoms with Gasteiger partial charge in [0.25, 0.3) is 0 Å². The Kier molecular flexibility index (Phi) is 5.27. The summed E-state index contributed by atoms with van der Waals surface area (Å²) in [5.41, 5.74) is 0.748. The molecule has 1 fully saturated rings. The molecule has 1 aliphatic rings. The Morgan fingerprint density at radius 3 is 2.70 bits per heavy atom. The van der Waals surface area contributed by atoms with Crippen LogP contribution in [0.1, 0.15) is 38.5 Å². The molecule has 1 aromatic carbocycles. The van der Waals surface area contributed by atoms with Crippen LogP contribution in [-0.2, 0) is 4.79 Å². The van der Waals surface area contributed by atoms with Gasteiger partial charge in [0.1, 0.15) is 11.8 Å².